The summed E-state index contributed by atoms with van der Waals surface area (Å²) in [4.78, 5) is 14.5. The van der Waals surface area contributed by atoms with Crippen LogP contribution >= 0.6 is 0 Å². The van der Waals surface area contributed by atoms with Crippen molar-refractivity contribution in [2.45, 2.75) is 20.3 Å². The van der Waals surface area contributed by atoms with Crippen molar-refractivity contribution in [1.82, 2.24) is 10.2 Å². The molecule has 0 fully saturated rings. The zero-order valence-corrected chi connectivity index (χ0v) is 15.0. The molecule has 3 heteroatoms. The van der Waals surface area contributed by atoms with Gasteiger partial charge in [-0.15, -0.1) is 0 Å². The van der Waals surface area contributed by atoms with Crippen LogP contribution in [0, 0.1) is 5.92 Å². The summed E-state index contributed by atoms with van der Waals surface area (Å²) in [6.45, 7) is 15.3. The molecule has 0 aromatic carbocycles. The van der Waals surface area contributed by atoms with E-state index in [1.807, 2.05) is 13.0 Å². The van der Waals surface area contributed by atoms with Gasteiger partial charge in [0.2, 0.25) is 0 Å². The highest BCUT2D eigenvalue weighted by Gasteiger charge is 2.10. The second-order valence-corrected chi connectivity index (χ2v) is 6.06. The van der Waals surface area contributed by atoms with Crippen LogP contribution in [0.15, 0.2) is 72.9 Å². The molecule has 0 radical (unpaired) electrons. The van der Waals surface area contributed by atoms with E-state index in [0.29, 0.717) is 18.0 Å². The van der Waals surface area contributed by atoms with Gasteiger partial charge in [-0.05, 0) is 30.9 Å². The van der Waals surface area contributed by atoms with Gasteiger partial charge in [-0.3, -0.25) is 9.69 Å². The number of allylic oxidation sites excluding steroid dienone is 5. The first-order valence-electron chi connectivity index (χ1n) is 8.55. The molecule has 1 atom stereocenters. The maximum atomic E-state index is 12.1. The number of carbonyl (C=O) groups is 1. The average Bonchev–Trinajstić information content (AvgIpc) is 2.63. The maximum absolute atomic E-state index is 12.1. The van der Waals surface area contributed by atoms with Gasteiger partial charge in [-0.25, -0.2) is 0 Å². The van der Waals surface area contributed by atoms with E-state index in [1.54, 1.807) is 18.2 Å². The van der Waals surface area contributed by atoms with Crippen LogP contribution in [0.5, 0.6) is 0 Å². The van der Waals surface area contributed by atoms with Gasteiger partial charge in [0.25, 0.3) is 5.91 Å². The van der Waals surface area contributed by atoms with Gasteiger partial charge < -0.3 is 5.32 Å². The lowest BCUT2D eigenvalue weighted by molar-refractivity contribution is -0.117. The van der Waals surface area contributed by atoms with E-state index in [2.05, 4.69) is 54.6 Å². The predicted molar refractivity (Wildman–Crippen MR) is 104 cm³/mol. The van der Waals surface area contributed by atoms with E-state index in [-0.39, 0.29) is 5.91 Å². The van der Waals surface area contributed by atoms with Crippen molar-refractivity contribution in [3.8, 4) is 0 Å². The number of hydrogen-bond acceptors (Lipinski definition) is 2. The van der Waals surface area contributed by atoms with Gasteiger partial charge in [0, 0.05) is 31.8 Å². The molecule has 0 spiro atoms. The van der Waals surface area contributed by atoms with Crippen molar-refractivity contribution >= 4 is 5.91 Å². The topological polar surface area (TPSA) is 32.3 Å². The maximum Gasteiger partial charge on any atom is 0.250 e. The van der Waals surface area contributed by atoms with Crippen molar-refractivity contribution in [2.24, 2.45) is 5.92 Å². The summed E-state index contributed by atoms with van der Waals surface area (Å²) >= 11 is 0. The number of rotatable bonds is 7. The molecule has 130 valence electrons. The van der Waals surface area contributed by atoms with Crippen molar-refractivity contribution < 1.29 is 4.79 Å². The largest absolute Gasteiger partial charge is 0.352 e. The molecule has 1 aliphatic heterocycles. The molecule has 1 heterocycles. The molecule has 1 unspecified atom stereocenters. The third-order valence-corrected chi connectivity index (χ3v) is 3.78. The minimum absolute atomic E-state index is 0.0382. The summed E-state index contributed by atoms with van der Waals surface area (Å²) in [6, 6.07) is 0. The Hall–Kier alpha value is -2.13. The monoisotopic (exact) mass is 326 g/mol. The lowest BCUT2D eigenvalue weighted by atomic mass is 10.1. The van der Waals surface area contributed by atoms with E-state index >= 15 is 0 Å². The lowest BCUT2D eigenvalue weighted by Gasteiger charge is -2.24. The number of nitrogens with zero attached hydrogens (tertiary/aromatic N) is 1. The Morgan fingerprint density at radius 3 is 2.96 bits per heavy atom. The van der Waals surface area contributed by atoms with Crippen molar-refractivity contribution in [3.05, 3.63) is 72.9 Å². The highest BCUT2D eigenvalue weighted by molar-refractivity contribution is 5.96. The van der Waals surface area contributed by atoms with Crippen molar-refractivity contribution in [1.29, 1.82) is 0 Å². The molecule has 24 heavy (non-hydrogen) atoms. The minimum Gasteiger partial charge on any atom is -0.352 e. The van der Waals surface area contributed by atoms with Crippen molar-refractivity contribution in [2.75, 3.05) is 26.2 Å². The quantitative estimate of drug-likeness (QED) is 0.438. The number of carbonyl (C=O) groups excluding carboxylic acids is 1. The van der Waals surface area contributed by atoms with Crippen LogP contribution in [0.1, 0.15) is 20.3 Å². The molecular formula is C21H30N2O. The molecule has 0 bridgehead atoms. The molecule has 0 aromatic heterocycles. The lowest BCUT2D eigenvalue weighted by Crippen LogP contribution is -2.33. The Morgan fingerprint density at radius 2 is 2.25 bits per heavy atom. The Balaban J connectivity index is 2.42. The van der Waals surface area contributed by atoms with E-state index in [0.717, 1.165) is 31.6 Å². The molecule has 1 rings (SSSR count). The third kappa shape index (κ3) is 7.93. The summed E-state index contributed by atoms with van der Waals surface area (Å²) in [5, 5.41) is 2.98. The van der Waals surface area contributed by atoms with Crippen LogP contribution in [0.2, 0.25) is 0 Å². The standard InChI is InChI=1S/C21H30N2O/c1-5-7-13-20(6-2)21(24)22-14-10-15-23-16-18(3)11-8-9-12-19(4)17-23/h5-9,11-13,19H,1,3,10,14-17H2,2,4H3,(H,22,24)/b11-8-,12-9-,13-7-,20-6+. The first kappa shape index (κ1) is 19.9. The fourth-order valence-electron chi connectivity index (χ4n) is 2.57. The first-order valence-corrected chi connectivity index (χ1v) is 8.55. The zero-order chi connectivity index (χ0) is 17.8. The van der Waals surface area contributed by atoms with Crippen LogP contribution in [0.3, 0.4) is 0 Å². The molecule has 1 N–H and O–H groups in total. The van der Waals surface area contributed by atoms with Gasteiger partial charge >= 0.3 is 0 Å². The van der Waals surface area contributed by atoms with Gasteiger partial charge in [0.05, 0.1) is 0 Å². The summed E-state index contributed by atoms with van der Waals surface area (Å²) in [6.07, 6.45) is 16.4. The highest BCUT2D eigenvalue weighted by Crippen LogP contribution is 2.09. The average molecular weight is 326 g/mol. The van der Waals surface area contributed by atoms with Gasteiger partial charge in [0.1, 0.15) is 0 Å². The van der Waals surface area contributed by atoms with E-state index in [9.17, 15) is 4.79 Å². The molecular weight excluding hydrogens is 296 g/mol. The molecule has 0 saturated carbocycles. The summed E-state index contributed by atoms with van der Waals surface area (Å²) < 4.78 is 0. The molecule has 1 aliphatic rings. The number of nitrogens with one attached hydrogen (secondary N) is 1. The molecule has 0 aromatic rings. The van der Waals surface area contributed by atoms with E-state index < -0.39 is 0 Å². The zero-order valence-electron chi connectivity index (χ0n) is 15.0. The highest BCUT2D eigenvalue weighted by atomic mass is 16.1. The summed E-state index contributed by atoms with van der Waals surface area (Å²) in [5.41, 5.74) is 1.78. The Morgan fingerprint density at radius 1 is 1.46 bits per heavy atom. The second kappa shape index (κ2) is 11.4. The minimum atomic E-state index is -0.0382. The predicted octanol–water partition coefficient (Wildman–Crippen LogP) is 3.80. The van der Waals surface area contributed by atoms with Crippen LogP contribution < -0.4 is 5.32 Å². The normalized spacial score (nSPS) is 22.5. The Kier molecular flexibility index (Phi) is 9.47. The Labute approximate surface area is 146 Å². The molecule has 3 nitrogen and oxygen atoms in total. The third-order valence-electron chi connectivity index (χ3n) is 3.78. The molecule has 0 aliphatic carbocycles. The fraction of sp³-hybridized carbons (Fsp3) is 0.381. The van der Waals surface area contributed by atoms with Crippen LogP contribution in [-0.4, -0.2) is 37.0 Å². The van der Waals surface area contributed by atoms with E-state index in [4.69, 9.17) is 0 Å². The second-order valence-electron chi connectivity index (χ2n) is 6.06. The SMILES string of the molecule is C=C/C=C\C(=C/C)C(=O)NCCCN1CC(=C)/C=C\C=C/C(C)C1. The Bertz CT molecular complexity index is 552. The van der Waals surface area contributed by atoms with Crippen molar-refractivity contribution in [3.63, 3.8) is 0 Å². The summed E-state index contributed by atoms with van der Waals surface area (Å²) in [7, 11) is 0. The number of hydrogen-bond donors (Lipinski definition) is 1. The van der Waals surface area contributed by atoms with Gasteiger partial charge in [-0.1, -0.05) is 62.6 Å². The summed E-state index contributed by atoms with van der Waals surface area (Å²) in [5.74, 6) is 0.470. The van der Waals surface area contributed by atoms with Crippen LogP contribution in [0.25, 0.3) is 0 Å². The van der Waals surface area contributed by atoms with Gasteiger partial charge in [-0.2, -0.15) is 0 Å². The van der Waals surface area contributed by atoms with Crippen LogP contribution in [0.4, 0.5) is 0 Å². The van der Waals surface area contributed by atoms with Gasteiger partial charge in [0.15, 0.2) is 0 Å². The first-order chi connectivity index (χ1) is 11.6. The van der Waals surface area contributed by atoms with E-state index in [1.165, 1.54) is 0 Å². The molecule has 1 amide bonds. The fourth-order valence-corrected chi connectivity index (χ4v) is 2.57. The van der Waals surface area contributed by atoms with Crippen LogP contribution in [-0.2, 0) is 4.79 Å². The molecule has 0 saturated heterocycles. The smallest absolute Gasteiger partial charge is 0.250 e. The number of amides is 1.